The van der Waals surface area contributed by atoms with Crippen LogP contribution >= 0.6 is 11.8 Å². The maximum Gasteiger partial charge on any atom is 0.274 e. The predicted octanol–water partition coefficient (Wildman–Crippen LogP) is 4.40. The first-order chi connectivity index (χ1) is 14.2. The summed E-state index contributed by atoms with van der Waals surface area (Å²) in [5.41, 5.74) is 3.29. The van der Waals surface area contributed by atoms with E-state index in [0.29, 0.717) is 5.69 Å². The summed E-state index contributed by atoms with van der Waals surface area (Å²) in [6, 6.07) is 17.6. The van der Waals surface area contributed by atoms with Gasteiger partial charge in [0, 0.05) is 30.3 Å². The van der Waals surface area contributed by atoms with Crippen molar-refractivity contribution in [3.63, 3.8) is 0 Å². The van der Waals surface area contributed by atoms with Crippen molar-refractivity contribution in [1.29, 1.82) is 0 Å². The third kappa shape index (κ3) is 4.09. The molecule has 1 N–H and O–H groups in total. The highest BCUT2D eigenvalue weighted by Crippen LogP contribution is 2.22. The topological polar surface area (TPSA) is 64.7 Å². The van der Waals surface area contributed by atoms with Gasteiger partial charge >= 0.3 is 0 Å². The van der Waals surface area contributed by atoms with Gasteiger partial charge in [0.15, 0.2) is 5.16 Å². The number of hydrogen-bond acceptors (Lipinski definition) is 4. The van der Waals surface area contributed by atoms with Crippen molar-refractivity contribution in [3.05, 3.63) is 90.3 Å². The quantitative estimate of drug-likeness (QED) is 0.485. The van der Waals surface area contributed by atoms with Crippen LogP contribution in [0.25, 0.3) is 5.69 Å². The van der Waals surface area contributed by atoms with E-state index in [1.807, 2.05) is 78.5 Å². The van der Waals surface area contributed by atoms with E-state index < -0.39 is 0 Å². The average Bonchev–Trinajstić information content (AvgIpc) is 3.36. The molecule has 2 heterocycles. The molecule has 0 atom stereocenters. The third-order valence-electron chi connectivity index (χ3n) is 4.65. The van der Waals surface area contributed by atoms with Crippen molar-refractivity contribution in [1.82, 2.24) is 19.1 Å². The Kier molecular flexibility index (Phi) is 5.48. The molecule has 0 saturated carbocycles. The number of hydrogen-bond donors (Lipinski definition) is 1. The number of anilines is 1. The molecule has 0 radical (unpaired) electrons. The molecule has 0 unspecified atom stereocenters. The van der Waals surface area contributed by atoms with E-state index in [2.05, 4.69) is 19.9 Å². The second-order valence-electron chi connectivity index (χ2n) is 6.55. The largest absolute Gasteiger partial charge is 0.331 e. The summed E-state index contributed by atoms with van der Waals surface area (Å²) in [7, 11) is 0. The van der Waals surface area contributed by atoms with Gasteiger partial charge in [-0.2, -0.15) is 0 Å². The van der Waals surface area contributed by atoms with Crippen molar-refractivity contribution < 1.29 is 4.79 Å². The summed E-state index contributed by atoms with van der Waals surface area (Å²) < 4.78 is 3.95. The van der Waals surface area contributed by atoms with Gasteiger partial charge in [-0.15, -0.1) is 0 Å². The standard InChI is InChI=1S/C22H21N5OS/c1-16-23-12-13-26(16)15-17-8-10-18(11-9-17)25-21(28)20-14-24-22(29-2)27(20)19-6-4-3-5-7-19/h3-14H,15H2,1-2H3,(H,25,28). The molecule has 146 valence electrons. The molecule has 0 bridgehead atoms. The van der Waals surface area contributed by atoms with E-state index in [-0.39, 0.29) is 5.91 Å². The van der Waals surface area contributed by atoms with Crippen LogP contribution in [0.15, 0.2) is 78.3 Å². The van der Waals surface area contributed by atoms with Gasteiger partial charge in [0.05, 0.1) is 6.20 Å². The summed E-state index contributed by atoms with van der Waals surface area (Å²) in [4.78, 5) is 21.6. The summed E-state index contributed by atoms with van der Waals surface area (Å²) in [6.45, 7) is 2.73. The van der Waals surface area contributed by atoms with Gasteiger partial charge in [0.1, 0.15) is 11.5 Å². The van der Waals surface area contributed by atoms with Crippen LogP contribution in [0.3, 0.4) is 0 Å². The number of carbonyl (C=O) groups is 1. The van der Waals surface area contributed by atoms with Crippen molar-refractivity contribution in [3.8, 4) is 5.69 Å². The zero-order valence-corrected chi connectivity index (χ0v) is 17.1. The smallest absolute Gasteiger partial charge is 0.274 e. The third-order valence-corrected chi connectivity index (χ3v) is 5.30. The first-order valence-corrected chi connectivity index (χ1v) is 10.4. The number of imidazole rings is 2. The van der Waals surface area contributed by atoms with Gasteiger partial charge in [-0.3, -0.25) is 9.36 Å². The SMILES string of the molecule is CSc1ncc(C(=O)Nc2ccc(Cn3ccnc3C)cc2)n1-c1ccccc1. The summed E-state index contributed by atoms with van der Waals surface area (Å²) in [6.07, 6.45) is 7.32. The fraction of sp³-hybridized carbons (Fsp3) is 0.136. The minimum absolute atomic E-state index is 0.195. The molecule has 0 saturated heterocycles. The second kappa shape index (κ2) is 8.36. The van der Waals surface area contributed by atoms with Gasteiger partial charge in [-0.25, -0.2) is 9.97 Å². The maximum atomic E-state index is 12.9. The average molecular weight is 404 g/mol. The number of aryl methyl sites for hydroxylation is 1. The number of aromatic nitrogens is 4. The molecule has 0 aliphatic heterocycles. The van der Waals surface area contributed by atoms with Crippen molar-refractivity contribution in [2.24, 2.45) is 0 Å². The van der Waals surface area contributed by atoms with E-state index in [9.17, 15) is 4.79 Å². The molecule has 4 aromatic rings. The highest BCUT2D eigenvalue weighted by molar-refractivity contribution is 7.98. The number of rotatable bonds is 6. The van der Waals surface area contributed by atoms with E-state index in [1.54, 1.807) is 12.4 Å². The van der Waals surface area contributed by atoms with Crippen LogP contribution in [-0.4, -0.2) is 31.3 Å². The molecule has 0 spiro atoms. The van der Waals surface area contributed by atoms with Crippen LogP contribution in [0, 0.1) is 6.92 Å². The summed E-state index contributed by atoms with van der Waals surface area (Å²) in [5, 5.41) is 3.75. The van der Waals surface area contributed by atoms with Gasteiger partial charge in [0.2, 0.25) is 0 Å². The van der Waals surface area contributed by atoms with Gasteiger partial charge in [0.25, 0.3) is 5.91 Å². The molecule has 29 heavy (non-hydrogen) atoms. The molecule has 2 aromatic carbocycles. The fourth-order valence-electron chi connectivity index (χ4n) is 3.12. The molecule has 0 aliphatic rings. The lowest BCUT2D eigenvalue weighted by molar-refractivity contribution is 0.102. The summed E-state index contributed by atoms with van der Waals surface area (Å²) in [5.74, 6) is 0.779. The van der Waals surface area contributed by atoms with Gasteiger partial charge in [-0.1, -0.05) is 42.1 Å². The molecular formula is C22H21N5OS. The molecule has 1 amide bonds. The lowest BCUT2D eigenvalue weighted by atomic mass is 10.2. The Labute approximate surface area is 173 Å². The number of carbonyl (C=O) groups excluding carboxylic acids is 1. The van der Waals surface area contributed by atoms with E-state index in [0.717, 1.165) is 34.5 Å². The second-order valence-corrected chi connectivity index (χ2v) is 7.33. The Balaban J connectivity index is 1.53. The number of nitrogens with zero attached hydrogens (tertiary/aromatic N) is 4. The highest BCUT2D eigenvalue weighted by atomic mass is 32.2. The zero-order valence-electron chi connectivity index (χ0n) is 16.2. The summed E-state index contributed by atoms with van der Waals surface area (Å²) >= 11 is 1.50. The van der Waals surface area contributed by atoms with Gasteiger partial charge in [-0.05, 0) is 43.0 Å². The number of benzene rings is 2. The Bertz CT molecular complexity index is 1120. The molecule has 6 nitrogen and oxygen atoms in total. The van der Waals surface area contributed by atoms with Crippen LogP contribution in [0.4, 0.5) is 5.69 Å². The van der Waals surface area contributed by atoms with Crippen LogP contribution < -0.4 is 5.32 Å². The normalized spacial score (nSPS) is 10.8. The Hall–Kier alpha value is -3.32. The lowest BCUT2D eigenvalue weighted by Crippen LogP contribution is -2.16. The number of para-hydroxylation sites is 1. The molecule has 4 rings (SSSR count). The minimum atomic E-state index is -0.195. The van der Waals surface area contributed by atoms with E-state index >= 15 is 0 Å². The highest BCUT2D eigenvalue weighted by Gasteiger charge is 2.17. The van der Waals surface area contributed by atoms with Gasteiger partial charge < -0.3 is 9.88 Å². The number of thioether (sulfide) groups is 1. The van der Waals surface area contributed by atoms with Crippen molar-refractivity contribution >= 4 is 23.4 Å². The molecule has 0 aliphatic carbocycles. The number of amides is 1. The predicted molar refractivity (Wildman–Crippen MR) is 116 cm³/mol. The molecule has 2 aromatic heterocycles. The van der Waals surface area contributed by atoms with Crippen molar-refractivity contribution in [2.45, 2.75) is 18.6 Å². The molecular weight excluding hydrogens is 382 g/mol. The van der Waals surface area contributed by atoms with Crippen LogP contribution in [-0.2, 0) is 6.54 Å². The Morgan fingerprint density at radius 2 is 1.83 bits per heavy atom. The first kappa shape index (κ1) is 19.0. The fourth-order valence-corrected chi connectivity index (χ4v) is 3.67. The van der Waals surface area contributed by atoms with Crippen molar-refractivity contribution in [2.75, 3.05) is 11.6 Å². The monoisotopic (exact) mass is 403 g/mol. The molecule has 7 heteroatoms. The first-order valence-electron chi connectivity index (χ1n) is 9.21. The lowest BCUT2D eigenvalue weighted by Gasteiger charge is -2.12. The molecule has 0 fully saturated rings. The van der Waals surface area contributed by atoms with E-state index in [1.165, 1.54) is 11.8 Å². The van der Waals surface area contributed by atoms with Crippen LogP contribution in [0.1, 0.15) is 21.9 Å². The Morgan fingerprint density at radius 3 is 2.48 bits per heavy atom. The van der Waals surface area contributed by atoms with Crippen LogP contribution in [0.2, 0.25) is 0 Å². The Morgan fingerprint density at radius 1 is 1.07 bits per heavy atom. The zero-order chi connectivity index (χ0) is 20.2. The van der Waals surface area contributed by atoms with Crippen LogP contribution in [0.5, 0.6) is 0 Å². The minimum Gasteiger partial charge on any atom is -0.331 e. The maximum absolute atomic E-state index is 12.9. The van der Waals surface area contributed by atoms with E-state index in [4.69, 9.17) is 0 Å². The number of nitrogens with one attached hydrogen (secondary N) is 1.